The first-order valence-corrected chi connectivity index (χ1v) is 8.46. The van der Waals surface area contributed by atoms with Gasteiger partial charge in [0.1, 0.15) is 18.0 Å². The van der Waals surface area contributed by atoms with Crippen LogP contribution in [0.25, 0.3) is 0 Å². The number of benzene rings is 1. The van der Waals surface area contributed by atoms with Gasteiger partial charge in [0.2, 0.25) is 5.91 Å². The Hall–Kier alpha value is -2.57. The van der Waals surface area contributed by atoms with Gasteiger partial charge in [0.15, 0.2) is 0 Å². The Balaban J connectivity index is 1.49. The van der Waals surface area contributed by atoms with Gasteiger partial charge in [-0.15, -0.1) is 0 Å². The van der Waals surface area contributed by atoms with Crippen molar-refractivity contribution in [2.45, 2.75) is 37.7 Å². The number of hydrogen-bond donors (Lipinski definition) is 2. The highest BCUT2D eigenvalue weighted by Gasteiger charge is 2.53. The number of carboxylic acid groups (broad SMARTS) is 1. The second-order valence-corrected chi connectivity index (χ2v) is 6.48. The van der Waals surface area contributed by atoms with Gasteiger partial charge in [-0.3, -0.25) is 9.59 Å². The van der Waals surface area contributed by atoms with Crippen LogP contribution < -0.4 is 10.1 Å². The number of nitrogens with one attached hydrogen (secondary N) is 1. The second-order valence-electron chi connectivity index (χ2n) is 6.48. The van der Waals surface area contributed by atoms with E-state index in [4.69, 9.17) is 14.6 Å². The number of amides is 1. The minimum absolute atomic E-state index is 0.132. The fourth-order valence-electron chi connectivity index (χ4n) is 3.63. The molecule has 1 unspecified atom stereocenters. The van der Waals surface area contributed by atoms with Crippen LogP contribution in [0.3, 0.4) is 0 Å². The van der Waals surface area contributed by atoms with E-state index in [9.17, 15) is 14.4 Å². The lowest BCUT2D eigenvalue weighted by molar-refractivity contribution is -0.149. The van der Waals surface area contributed by atoms with Gasteiger partial charge >= 0.3 is 11.9 Å². The molecule has 2 aliphatic rings. The molecule has 1 saturated heterocycles. The zero-order valence-electron chi connectivity index (χ0n) is 13.8. The number of ether oxygens (including phenoxy) is 2. The zero-order valence-corrected chi connectivity index (χ0v) is 13.8. The number of hydrogen-bond acceptors (Lipinski definition) is 5. The monoisotopic (exact) mass is 347 g/mol. The van der Waals surface area contributed by atoms with E-state index in [1.54, 1.807) is 12.1 Å². The molecular formula is C18H21NO6. The van der Waals surface area contributed by atoms with Crippen LogP contribution in [-0.2, 0) is 14.3 Å². The number of carbonyl (C=O) groups excluding carboxylic acids is 2. The molecule has 134 valence electrons. The minimum atomic E-state index is -1.02. The third-order valence-electron chi connectivity index (χ3n) is 4.84. The highest BCUT2D eigenvalue weighted by molar-refractivity contribution is 5.88. The van der Waals surface area contributed by atoms with Crippen LogP contribution in [-0.4, -0.2) is 41.7 Å². The fourth-order valence-corrected chi connectivity index (χ4v) is 3.63. The van der Waals surface area contributed by atoms with Gasteiger partial charge in [-0.2, -0.15) is 0 Å². The van der Waals surface area contributed by atoms with Gasteiger partial charge in [0, 0.05) is 0 Å². The molecule has 1 aromatic rings. The molecule has 0 bridgehead atoms. The van der Waals surface area contributed by atoms with E-state index in [0.717, 1.165) is 25.7 Å². The standard InChI is InChI=1S/C18H21NO6/c20-15-11-14(18(25-15)6-1-2-7-18)16(21)19-8-9-24-13-5-3-4-12(10-13)17(22)23/h3-5,10,14H,1-2,6-9,11H2,(H,19,21)(H,22,23). The van der Waals surface area contributed by atoms with Crippen molar-refractivity contribution >= 4 is 17.8 Å². The molecule has 3 rings (SSSR count). The Labute approximate surface area is 145 Å². The quantitative estimate of drug-likeness (QED) is 0.600. The van der Waals surface area contributed by atoms with Gasteiger partial charge in [-0.1, -0.05) is 6.07 Å². The Bertz CT molecular complexity index is 680. The van der Waals surface area contributed by atoms with Crippen LogP contribution in [0.5, 0.6) is 5.75 Å². The van der Waals surface area contributed by atoms with Crippen molar-refractivity contribution in [1.82, 2.24) is 5.32 Å². The lowest BCUT2D eigenvalue weighted by Gasteiger charge is -2.27. The molecule has 7 nitrogen and oxygen atoms in total. The number of carbonyl (C=O) groups is 3. The maximum atomic E-state index is 12.4. The molecule has 1 aliphatic carbocycles. The van der Waals surface area contributed by atoms with Crippen LogP contribution >= 0.6 is 0 Å². The topological polar surface area (TPSA) is 102 Å². The molecule has 2 fully saturated rings. The summed E-state index contributed by atoms with van der Waals surface area (Å²) < 4.78 is 10.9. The highest BCUT2D eigenvalue weighted by Crippen LogP contribution is 2.45. The van der Waals surface area contributed by atoms with Crippen LogP contribution in [0.15, 0.2) is 24.3 Å². The Kier molecular flexibility index (Phi) is 4.92. The molecule has 1 saturated carbocycles. The van der Waals surface area contributed by atoms with E-state index in [1.165, 1.54) is 12.1 Å². The maximum absolute atomic E-state index is 12.4. The second kappa shape index (κ2) is 7.13. The molecule has 7 heteroatoms. The molecule has 1 heterocycles. The van der Waals surface area contributed by atoms with Crippen molar-refractivity contribution in [2.24, 2.45) is 5.92 Å². The van der Waals surface area contributed by atoms with Crippen molar-refractivity contribution < 1.29 is 29.0 Å². The Morgan fingerprint density at radius 3 is 2.80 bits per heavy atom. The predicted octanol–water partition coefficient (Wildman–Crippen LogP) is 1.76. The first-order chi connectivity index (χ1) is 12.0. The van der Waals surface area contributed by atoms with Crippen LogP contribution in [0.4, 0.5) is 0 Å². The van der Waals surface area contributed by atoms with E-state index in [-0.39, 0.29) is 37.0 Å². The summed E-state index contributed by atoms with van der Waals surface area (Å²) in [6.07, 6.45) is 3.57. The number of aromatic carboxylic acids is 1. The number of carboxylic acids is 1. The summed E-state index contributed by atoms with van der Waals surface area (Å²) in [4.78, 5) is 35.0. The third kappa shape index (κ3) is 3.75. The molecule has 2 N–H and O–H groups in total. The summed E-state index contributed by atoms with van der Waals surface area (Å²) in [5.41, 5.74) is -0.469. The predicted molar refractivity (Wildman–Crippen MR) is 87.3 cm³/mol. The van der Waals surface area contributed by atoms with Gasteiger partial charge in [0.05, 0.1) is 24.4 Å². The van der Waals surface area contributed by atoms with Crippen LogP contribution in [0.1, 0.15) is 42.5 Å². The molecular weight excluding hydrogens is 326 g/mol. The van der Waals surface area contributed by atoms with Crippen molar-refractivity contribution in [3.63, 3.8) is 0 Å². The zero-order chi connectivity index (χ0) is 17.9. The summed E-state index contributed by atoms with van der Waals surface area (Å²) in [7, 11) is 0. The van der Waals surface area contributed by atoms with Crippen molar-refractivity contribution in [3.8, 4) is 5.75 Å². The largest absolute Gasteiger partial charge is 0.492 e. The molecule has 0 radical (unpaired) electrons. The first kappa shape index (κ1) is 17.3. The summed E-state index contributed by atoms with van der Waals surface area (Å²) in [5.74, 6) is -1.51. The Morgan fingerprint density at radius 1 is 1.32 bits per heavy atom. The van der Waals surface area contributed by atoms with Gasteiger partial charge in [-0.05, 0) is 43.9 Å². The molecule has 1 atom stereocenters. The molecule has 1 spiro atoms. The number of esters is 1. The third-order valence-corrected chi connectivity index (χ3v) is 4.84. The molecule has 1 aliphatic heterocycles. The van der Waals surface area contributed by atoms with Gasteiger partial charge < -0.3 is 19.9 Å². The van der Waals surface area contributed by atoms with Gasteiger partial charge in [-0.25, -0.2) is 4.79 Å². The van der Waals surface area contributed by atoms with E-state index in [0.29, 0.717) is 5.75 Å². The number of rotatable bonds is 6. The lowest BCUT2D eigenvalue weighted by atomic mass is 9.85. The molecule has 1 aromatic carbocycles. The van der Waals surface area contributed by atoms with Crippen LogP contribution in [0.2, 0.25) is 0 Å². The average Bonchev–Trinajstić information content (AvgIpc) is 3.18. The molecule has 1 amide bonds. The summed E-state index contributed by atoms with van der Waals surface area (Å²) in [5, 5.41) is 11.7. The normalized spacial score (nSPS) is 21.1. The smallest absolute Gasteiger partial charge is 0.335 e. The van der Waals surface area contributed by atoms with Crippen molar-refractivity contribution in [1.29, 1.82) is 0 Å². The fraction of sp³-hybridized carbons (Fsp3) is 0.500. The summed E-state index contributed by atoms with van der Waals surface area (Å²) >= 11 is 0. The Morgan fingerprint density at radius 2 is 2.08 bits per heavy atom. The summed E-state index contributed by atoms with van der Waals surface area (Å²) in [6.45, 7) is 0.486. The average molecular weight is 347 g/mol. The van der Waals surface area contributed by atoms with E-state index in [1.807, 2.05) is 0 Å². The van der Waals surface area contributed by atoms with Crippen LogP contribution in [0, 0.1) is 5.92 Å². The van der Waals surface area contributed by atoms with E-state index < -0.39 is 17.5 Å². The van der Waals surface area contributed by atoms with E-state index in [2.05, 4.69) is 5.32 Å². The first-order valence-electron chi connectivity index (χ1n) is 8.46. The van der Waals surface area contributed by atoms with E-state index >= 15 is 0 Å². The minimum Gasteiger partial charge on any atom is -0.492 e. The lowest BCUT2D eigenvalue weighted by Crippen LogP contribution is -2.43. The van der Waals surface area contributed by atoms with Gasteiger partial charge in [0.25, 0.3) is 0 Å². The summed E-state index contributed by atoms with van der Waals surface area (Å²) in [6, 6.07) is 6.17. The molecule has 25 heavy (non-hydrogen) atoms. The molecule has 0 aromatic heterocycles. The highest BCUT2D eigenvalue weighted by atomic mass is 16.6. The van der Waals surface area contributed by atoms with Crippen molar-refractivity contribution in [3.05, 3.63) is 29.8 Å². The van der Waals surface area contributed by atoms with Crippen molar-refractivity contribution in [2.75, 3.05) is 13.2 Å². The maximum Gasteiger partial charge on any atom is 0.335 e. The SMILES string of the molecule is O=C1CC(C(=O)NCCOc2cccc(C(=O)O)c2)C2(CCCC2)O1.